The van der Waals surface area contributed by atoms with Crippen molar-refractivity contribution < 1.29 is 9.59 Å². The molecule has 0 radical (unpaired) electrons. The average Bonchev–Trinajstić information content (AvgIpc) is 2.40. The lowest BCUT2D eigenvalue weighted by atomic mass is 10.1. The Kier molecular flexibility index (Phi) is 4.88. The quantitative estimate of drug-likeness (QED) is 0.888. The Hall–Kier alpha value is -1.56. The van der Waals surface area contributed by atoms with Crippen LogP contribution in [-0.4, -0.2) is 42.0 Å². The lowest BCUT2D eigenvalue weighted by Crippen LogP contribution is -2.60. The molecule has 0 spiro atoms. The number of carbonyl (C=O) groups excluding carboxylic acids is 2. The van der Waals surface area contributed by atoms with Crippen molar-refractivity contribution in [1.82, 2.24) is 10.2 Å². The number of amides is 3. The van der Waals surface area contributed by atoms with Crippen molar-refractivity contribution >= 4 is 33.6 Å². The maximum absolute atomic E-state index is 12.5. The molecule has 21 heavy (non-hydrogen) atoms. The van der Waals surface area contributed by atoms with Crippen LogP contribution in [0.2, 0.25) is 0 Å². The third-order valence-electron chi connectivity index (χ3n) is 3.45. The predicted octanol–water partition coefficient (Wildman–Crippen LogP) is 2.60. The van der Waals surface area contributed by atoms with Gasteiger partial charge in [-0.15, -0.1) is 0 Å². The highest BCUT2D eigenvalue weighted by Gasteiger charge is 2.35. The minimum atomic E-state index is -0.462. The number of hydrogen-bond donors (Lipinski definition) is 1. The molecule has 0 bridgehead atoms. The molecular formula is C15H20BrN3O2. The van der Waals surface area contributed by atoms with E-state index in [1.54, 1.807) is 16.7 Å². The van der Waals surface area contributed by atoms with Crippen molar-refractivity contribution in [3.63, 3.8) is 0 Å². The zero-order chi connectivity index (χ0) is 15.6. The van der Waals surface area contributed by atoms with E-state index in [1.165, 1.54) is 0 Å². The normalized spacial score (nSPS) is 19.1. The molecule has 1 fully saturated rings. The molecule has 1 N–H and O–H groups in total. The van der Waals surface area contributed by atoms with Gasteiger partial charge in [-0.05, 0) is 39.0 Å². The van der Waals surface area contributed by atoms with Gasteiger partial charge < -0.3 is 15.1 Å². The number of nitrogens with zero attached hydrogens (tertiary/aromatic N) is 2. The molecule has 3 amide bonds. The van der Waals surface area contributed by atoms with Crippen LogP contribution >= 0.6 is 15.9 Å². The number of piperazine rings is 1. The molecular weight excluding hydrogens is 334 g/mol. The molecule has 114 valence electrons. The highest BCUT2D eigenvalue weighted by molar-refractivity contribution is 9.10. The number of rotatable bonds is 2. The molecule has 0 aromatic heterocycles. The van der Waals surface area contributed by atoms with Gasteiger partial charge in [0.05, 0.1) is 0 Å². The molecule has 1 atom stereocenters. The van der Waals surface area contributed by atoms with Crippen LogP contribution in [0.5, 0.6) is 0 Å². The fraction of sp³-hybridized carbons (Fsp3) is 0.467. The Bertz CT molecular complexity index is 547. The van der Waals surface area contributed by atoms with E-state index in [0.717, 1.165) is 10.2 Å². The van der Waals surface area contributed by atoms with Crippen LogP contribution in [0.1, 0.15) is 20.8 Å². The standard InChI is InChI=1S/C15H20BrN3O2/c1-10(2)17-15(21)18-7-8-19(14(20)11(18)3)13-6-4-5-12(16)9-13/h4-6,9-11H,7-8H2,1-3H3,(H,17,21)/t11-/m1/s1. The SMILES string of the molecule is CC(C)NC(=O)N1CCN(c2cccc(Br)c2)C(=O)[C@H]1C. The second-order valence-corrected chi connectivity index (χ2v) is 6.36. The van der Waals surface area contributed by atoms with Crippen molar-refractivity contribution in [3.05, 3.63) is 28.7 Å². The van der Waals surface area contributed by atoms with Gasteiger partial charge in [0.15, 0.2) is 0 Å². The summed E-state index contributed by atoms with van der Waals surface area (Å²) in [5.41, 5.74) is 0.852. The number of benzene rings is 1. The van der Waals surface area contributed by atoms with Crippen molar-refractivity contribution in [1.29, 1.82) is 0 Å². The van der Waals surface area contributed by atoms with Crippen molar-refractivity contribution in [2.24, 2.45) is 0 Å². The minimum Gasteiger partial charge on any atom is -0.336 e. The summed E-state index contributed by atoms with van der Waals surface area (Å²) in [5, 5.41) is 2.84. The zero-order valence-electron chi connectivity index (χ0n) is 12.5. The van der Waals surface area contributed by atoms with Gasteiger partial charge in [0.25, 0.3) is 0 Å². The number of anilines is 1. The largest absolute Gasteiger partial charge is 0.336 e. The topological polar surface area (TPSA) is 52.7 Å². The Morgan fingerprint density at radius 1 is 1.38 bits per heavy atom. The summed E-state index contributed by atoms with van der Waals surface area (Å²) < 4.78 is 0.931. The Labute approximate surface area is 133 Å². The maximum Gasteiger partial charge on any atom is 0.318 e. The fourth-order valence-electron chi connectivity index (χ4n) is 2.38. The third-order valence-corrected chi connectivity index (χ3v) is 3.94. The summed E-state index contributed by atoms with van der Waals surface area (Å²) >= 11 is 3.41. The van der Waals surface area contributed by atoms with E-state index in [9.17, 15) is 9.59 Å². The smallest absolute Gasteiger partial charge is 0.318 e. The first kappa shape index (κ1) is 15.8. The first-order chi connectivity index (χ1) is 9.90. The molecule has 0 aliphatic carbocycles. The molecule has 1 heterocycles. The van der Waals surface area contributed by atoms with Crippen LogP contribution in [0.15, 0.2) is 28.7 Å². The summed E-state index contributed by atoms with van der Waals surface area (Å²) in [6, 6.07) is 7.05. The Balaban J connectivity index is 2.13. The first-order valence-electron chi connectivity index (χ1n) is 7.04. The van der Waals surface area contributed by atoms with Crippen LogP contribution in [0.25, 0.3) is 0 Å². The summed E-state index contributed by atoms with van der Waals surface area (Å²) in [7, 11) is 0. The highest BCUT2D eigenvalue weighted by Crippen LogP contribution is 2.23. The van der Waals surface area contributed by atoms with E-state index in [1.807, 2.05) is 38.1 Å². The van der Waals surface area contributed by atoms with Gasteiger partial charge in [-0.25, -0.2) is 4.79 Å². The number of urea groups is 1. The maximum atomic E-state index is 12.5. The van der Waals surface area contributed by atoms with Crippen molar-refractivity contribution in [2.75, 3.05) is 18.0 Å². The second-order valence-electron chi connectivity index (χ2n) is 5.44. The molecule has 6 heteroatoms. The third kappa shape index (κ3) is 3.56. The molecule has 1 aromatic rings. The monoisotopic (exact) mass is 353 g/mol. The van der Waals surface area contributed by atoms with E-state index in [-0.39, 0.29) is 18.0 Å². The lowest BCUT2D eigenvalue weighted by molar-refractivity contribution is -0.124. The Morgan fingerprint density at radius 2 is 2.10 bits per heavy atom. The number of hydrogen-bond acceptors (Lipinski definition) is 2. The van der Waals surface area contributed by atoms with Crippen LogP contribution in [0.3, 0.4) is 0 Å². The average molecular weight is 354 g/mol. The van der Waals surface area contributed by atoms with E-state index >= 15 is 0 Å². The molecule has 1 aromatic carbocycles. The fourth-order valence-corrected chi connectivity index (χ4v) is 2.77. The van der Waals surface area contributed by atoms with Gasteiger partial charge in [0.1, 0.15) is 6.04 Å². The molecule has 0 saturated carbocycles. The van der Waals surface area contributed by atoms with Crippen LogP contribution < -0.4 is 10.2 Å². The van der Waals surface area contributed by atoms with Crippen LogP contribution in [0.4, 0.5) is 10.5 Å². The van der Waals surface area contributed by atoms with Crippen molar-refractivity contribution in [3.8, 4) is 0 Å². The molecule has 1 aliphatic rings. The number of nitrogens with one attached hydrogen (secondary N) is 1. The number of carbonyl (C=O) groups is 2. The summed E-state index contributed by atoms with van der Waals surface area (Å²) in [6.07, 6.45) is 0. The molecule has 2 rings (SSSR count). The zero-order valence-corrected chi connectivity index (χ0v) is 14.1. The van der Waals surface area contributed by atoms with Gasteiger partial charge in [-0.2, -0.15) is 0 Å². The summed E-state index contributed by atoms with van der Waals surface area (Å²) in [5.74, 6) is -0.0572. The second kappa shape index (κ2) is 6.47. The van der Waals surface area contributed by atoms with Gasteiger partial charge in [0.2, 0.25) is 5.91 Å². The highest BCUT2D eigenvalue weighted by atomic mass is 79.9. The molecule has 0 unspecified atom stereocenters. The van der Waals surface area contributed by atoms with E-state index in [0.29, 0.717) is 13.1 Å². The van der Waals surface area contributed by atoms with Gasteiger partial charge in [-0.1, -0.05) is 22.0 Å². The van der Waals surface area contributed by atoms with Gasteiger partial charge >= 0.3 is 6.03 Å². The predicted molar refractivity (Wildman–Crippen MR) is 86.3 cm³/mol. The van der Waals surface area contributed by atoms with E-state index in [2.05, 4.69) is 21.2 Å². The van der Waals surface area contributed by atoms with Gasteiger partial charge in [0, 0.05) is 29.3 Å². The van der Waals surface area contributed by atoms with Gasteiger partial charge in [-0.3, -0.25) is 4.79 Å². The minimum absolute atomic E-state index is 0.0572. The van der Waals surface area contributed by atoms with Crippen LogP contribution in [-0.2, 0) is 4.79 Å². The lowest BCUT2D eigenvalue weighted by Gasteiger charge is -2.39. The Morgan fingerprint density at radius 3 is 2.71 bits per heavy atom. The van der Waals surface area contributed by atoms with E-state index in [4.69, 9.17) is 0 Å². The molecule has 1 saturated heterocycles. The van der Waals surface area contributed by atoms with Crippen molar-refractivity contribution in [2.45, 2.75) is 32.9 Å². The molecule has 5 nitrogen and oxygen atoms in total. The summed E-state index contributed by atoms with van der Waals surface area (Å²) in [4.78, 5) is 27.9. The summed E-state index contributed by atoms with van der Waals surface area (Å²) in [6.45, 7) is 6.61. The van der Waals surface area contributed by atoms with Crippen LogP contribution in [0, 0.1) is 0 Å². The van der Waals surface area contributed by atoms with E-state index < -0.39 is 6.04 Å². The first-order valence-corrected chi connectivity index (χ1v) is 7.83. The molecule has 1 aliphatic heterocycles. The number of halogens is 1.